The van der Waals surface area contributed by atoms with Gasteiger partial charge in [0.25, 0.3) is 0 Å². The Morgan fingerprint density at radius 1 is 1.15 bits per heavy atom. The van der Waals surface area contributed by atoms with Crippen LogP contribution in [0.3, 0.4) is 0 Å². The van der Waals surface area contributed by atoms with Crippen molar-refractivity contribution in [2.24, 2.45) is 0 Å². The van der Waals surface area contributed by atoms with Crippen LogP contribution in [0.5, 0.6) is 5.75 Å². The van der Waals surface area contributed by atoms with Crippen molar-refractivity contribution in [3.8, 4) is 5.75 Å². The summed E-state index contributed by atoms with van der Waals surface area (Å²) in [5.41, 5.74) is 2.92. The van der Waals surface area contributed by atoms with Crippen LogP contribution in [0.4, 0.5) is 5.95 Å². The molecule has 0 atom stereocenters. The smallest absolute Gasteiger partial charge is 0.225 e. The molecule has 1 aromatic heterocycles. The maximum absolute atomic E-state index is 6.05. The van der Waals surface area contributed by atoms with Crippen molar-refractivity contribution in [2.45, 2.75) is 20.4 Å². The Kier molecular flexibility index (Phi) is 4.45. The highest BCUT2D eigenvalue weighted by molar-refractivity contribution is 6.30. The van der Waals surface area contributed by atoms with Gasteiger partial charge in [-0.2, -0.15) is 0 Å². The number of anilines is 1. The molecule has 0 radical (unpaired) electrons. The van der Waals surface area contributed by atoms with Gasteiger partial charge in [0.1, 0.15) is 5.75 Å². The van der Waals surface area contributed by atoms with Gasteiger partial charge in [-0.3, -0.25) is 0 Å². The molecule has 0 bridgehead atoms. The first-order valence-electron chi connectivity index (χ1n) is 6.35. The van der Waals surface area contributed by atoms with Gasteiger partial charge in [-0.05, 0) is 38.1 Å². The largest absolute Gasteiger partial charge is 0.496 e. The molecule has 0 aliphatic rings. The highest BCUT2D eigenvalue weighted by atomic mass is 35.5. The standard InChI is InChI=1S/C15H18ClN3O/c1-10-7-11(2)18-15(17-10)19(3)9-12-8-13(16)5-6-14(12)20-4/h5-8H,9H2,1-4H3. The molecule has 2 aromatic rings. The molecule has 20 heavy (non-hydrogen) atoms. The molecule has 1 heterocycles. The van der Waals surface area contributed by atoms with Crippen LogP contribution in [0.1, 0.15) is 17.0 Å². The highest BCUT2D eigenvalue weighted by Crippen LogP contribution is 2.24. The minimum Gasteiger partial charge on any atom is -0.496 e. The number of aryl methyl sites for hydroxylation is 2. The van der Waals surface area contributed by atoms with Gasteiger partial charge in [-0.1, -0.05) is 11.6 Å². The Bertz CT molecular complexity index is 596. The lowest BCUT2D eigenvalue weighted by molar-refractivity contribution is 0.409. The molecule has 0 saturated carbocycles. The summed E-state index contributed by atoms with van der Waals surface area (Å²) in [4.78, 5) is 10.9. The number of rotatable bonds is 4. The molecular weight excluding hydrogens is 274 g/mol. The number of hydrogen-bond donors (Lipinski definition) is 0. The van der Waals surface area contributed by atoms with Crippen molar-refractivity contribution in [1.82, 2.24) is 9.97 Å². The van der Waals surface area contributed by atoms with Crippen LogP contribution in [-0.4, -0.2) is 24.1 Å². The number of nitrogens with zero attached hydrogens (tertiary/aromatic N) is 3. The Morgan fingerprint density at radius 3 is 2.40 bits per heavy atom. The number of ether oxygens (including phenoxy) is 1. The molecule has 0 amide bonds. The zero-order valence-electron chi connectivity index (χ0n) is 12.1. The Morgan fingerprint density at radius 2 is 1.80 bits per heavy atom. The maximum atomic E-state index is 6.05. The van der Waals surface area contributed by atoms with E-state index in [0.717, 1.165) is 22.7 Å². The molecule has 0 unspecified atom stereocenters. The normalized spacial score (nSPS) is 10.4. The second-order valence-corrected chi connectivity index (χ2v) is 5.20. The summed E-state index contributed by atoms with van der Waals surface area (Å²) in [5.74, 6) is 1.51. The fourth-order valence-corrected chi connectivity index (χ4v) is 2.27. The first kappa shape index (κ1) is 14.6. The summed E-state index contributed by atoms with van der Waals surface area (Å²) < 4.78 is 5.36. The molecular formula is C15H18ClN3O. The van der Waals surface area contributed by atoms with E-state index >= 15 is 0 Å². The monoisotopic (exact) mass is 291 g/mol. The SMILES string of the molecule is COc1ccc(Cl)cc1CN(C)c1nc(C)cc(C)n1. The minimum absolute atomic E-state index is 0.632. The van der Waals surface area contributed by atoms with E-state index in [2.05, 4.69) is 9.97 Å². The minimum atomic E-state index is 0.632. The van der Waals surface area contributed by atoms with Crippen molar-refractivity contribution < 1.29 is 4.74 Å². The fraction of sp³-hybridized carbons (Fsp3) is 0.333. The van der Waals surface area contributed by atoms with E-state index < -0.39 is 0 Å². The molecule has 0 fully saturated rings. The second-order valence-electron chi connectivity index (χ2n) is 4.76. The molecule has 1 aromatic carbocycles. The first-order valence-corrected chi connectivity index (χ1v) is 6.73. The zero-order chi connectivity index (χ0) is 14.7. The van der Waals surface area contributed by atoms with E-state index in [1.165, 1.54) is 0 Å². The first-order chi connectivity index (χ1) is 9.49. The Labute approximate surface area is 124 Å². The summed E-state index contributed by atoms with van der Waals surface area (Å²) in [6.45, 7) is 4.56. The van der Waals surface area contributed by atoms with Crippen molar-refractivity contribution in [3.05, 3.63) is 46.2 Å². The number of halogens is 1. The Hall–Kier alpha value is -1.81. The van der Waals surface area contributed by atoms with Crippen molar-refractivity contribution in [2.75, 3.05) is 19.1 Å². The molecule has 106 valence electrons. The van der Waals surface area contributed by atoms with Gasteiger partial charge in [0.15, 0.2) is 0 Å². The maximum Gasteiger partial charge on any atom is 0.225 e. The number of hydrogen-bond acceptors (Lipinski definition) is 4. The molecule has 0 spiro atoms. The molecule has 4 nitrogen and oxygen atoms in total. The van der Waals surface area contributed by atoms with Crippen LogP contribution in [0, 0.1) is 13.8 Å². The van der Waals surface area contributed by atoms with E-state index in [4.69, 9.17) is 16.3 Å². The fourth-order valence-electron chi connectivity index (χ4n) is 2.07. The lowest BCUT2D eigenvalue weighted by Gasteiger charge is -2.19. The lowest BCUT2D eigenvalue weighted by Crippen LogP contribution is -2.20. The summed E-state index contributed by atoms with van der Waals surface area (Å²) in [7, 11) is 3.61. The third-order valence-electron chi connectivity index (χ3n) is 2.96. The predicted molar refractivity (Wildman–Crippen MR) is 81.6 cm³/mol. The topological polar surface area (TPSA) is 38.2 Å². The third-order valence-corrected chi connectivity index (χ3v) is 3.20. The van der Waals surface area contributed by atoms with E-state index in [1.807, 2.05) is 50.1 Å². The average Bonchev–Trinajstić information content (AvgIpc) is 2.37. The highest BCUT2D eigenvalue weighted by Gasteiger charge is 2.10. The summed E-state index contributed by atoms with van der Waals surface area (Å²) >= 11 is 6.05. The average molecular weight is 292 g/mol. The molecule has 0 aliphatic carbocycles. The van der Waals surface area contributed by atoms with E-state index in [9.17, 15) is 0 Å². The van der Waals surface area contributed by atoms with Crippen LogP contribution >= 0.6 is 11.6 Å². The van der Waals surface area contributed by atoms with Crippen LogP contribution in [0.25, 0.3) is 0 Å². The summed E-state index contributed by atoms with van der Waals surface area (Å²) in [5, 5.41) is 0.690. The van der Waals surface area contributed by atoms with Gasteiger partial charge < -0.3 is 9.64 Å². The molecule has 0 aliphatic heterocycles. The van der Waals surface area contributed by atoms with Crippen LogP contribution in [-0.2, 0) is 6.54 Å². The number of aromatic nitrogens is 2. The Balaban J connectivity index is 2.27. The van der Waals surface area contributed by atoms with Gasteiger partial charge in [0.2, 0.25) is 5.95 Å². The van der Waals surface area contributed by atoms with Gasteiger partial charge in [-0.25, -0.2) is 9.97 Å². The van der Waals surface area contributed by atoms with E-state index in [1.54, 1.807) is 7.11 Å². The summed E-state index contributed by atoms with van der Waals surface area (Å²) in [6, 6.07) is 7.54. The second kappa shape index (κ2) is 6.09. The van der Waals surface area contributed by atoms with Crippen molar-refractivity contribution in [1.29, 1.82) is 0 Å². The third kappa shape index (κ3) is 3.39. The number of methoxy groups -OCH3 is 1. The predicted octanol–water partition coefficient (Wildman–Crippen LogP) is 3.39. The number of benzene rings is 1. The van der Waals surface area contributed by atoms with Crippen molar-refractivity contribution >= 4 is 17.5 Å². The molecule has 5 heteroatoms. The van der Waals surface area contributed by atoms with Gasteiger partial charge in [0, 0.05) is 35.6 Å². The van der Waals surface area contributed by atoms with Gasteiger partial charge in [-0.15, -0.1) is 0 Å². The molecule has 0 N–H and O–H groups in total. The quantitative estimate of drug-likeness (QED) is 0.865. The van der Waals surface area contributed by atoms with Crippen molar-refractivity contribution in [3.63, 3.8) is 0 Å². The van der Waals surface area contributed by atoms with Gasteiger partial charge >= 0.3 is 0 Å². The molecule has 0 saturated heterocycles. The summed E-state index contributed by atoms with van der Waals surface area (Å²) in [6.07, 6.45) is 0. The lowest BCUT2D eigenvalue weighted by atomic mass is 10.2. The van der Waals surface area contributed by atoms with Crippen LogP contribution in [0.15, 0.2) is 24.3 Å². The van der Waals surface area contributed by atoms with Crippen LogP contribution < -0.4 is 9.64 Å². The zero-order valence-corrected chi connectivity index (χ0v) is 12.9. The van der Waals surface area contributed by atoms with Gasteiger partial charge in [0.05, 0.1) is 7.11 Å². The molecule has 2 rings (SSSR count). The van der Waals surface area contributed by atoms with E-state index in [0.29, 0.717) is 17.5 Å². The van der Waals surface area contributed by atoms with E-state index in [-0.39, 0.29) is 0 Å². The van der Waals surface area contributed by atoms with Crippen LogP contribution in [0.2, 0.25) is 5.02 Å².